The summed E-state index contributed by atoms with van der Waals surface area (Å²) in [7, 11) is -7.55. The van der Waals surface area contributed by atoms with Crippen molar-refractivity contribution in [2.45, 2.75) is 23.1 Å². The van der Waals surface area contributed by atoms with Gasteiger partial charge in [-0.1, -0.05) is 54.8 Å². The average molecular weight is 470 g/mol. The normalized spacial score (nSPS) is 11.7. The zero-order valence-electron chi connectivity index (χ0n) is 17.5. The van der Waals surface area contributed by atoms with Gasteiger partial charge in [0, 0.05) is 19.2 Å². The number of benzene rings is 2. The second-order valence-corrected chi connectivity index (χ2v) is 10.8. The van der Waals surface area contributed by atoms with Crippen molar-refractivity contribution in [1.82, 2.24) is 13.3 Å². The Balaban J connectivity index is 1.81. The topological polar surface area (TPSA) is 89.3 Å². The highest BCUT2D eigenvalue weighted by atomic mass is 32.2. The summed E-state index contributed by atoms with van der Waals surface area (Å²) < 4.78 is 53.9. The van der Waals surface area contributed by atoms with E-state index in [1.54, 1.807) is 43.3 Å². The van der Waals surface area contributed by atoms with Crippen molar-refractivity contribution < 1.29 is 16.8 Å². The lowest BCUT2D eigenvalue weighted by molar-refractivity contribution is 0.448. The number of allylic oxidation sites excluding steroid dienone is 1. The fourth-order valence-corrected chi connectivity index (χ4v) is 5.40. The SMILES string of the molecule is C=C(C)C#CCN(CCc1cn(S(=O)(=O)c2ccccc2)cn1)S(=O)(=O)c1ccccc1. The molecule has 3 aromatic rings. The monoisotopic (exact) mass is 469 g/mol. The molecule has 7 nitrogen and oxygen atoms in total. The summed E-state index contributed by atoms with van der Waals surface area (Å²) in [4.78, 5) is 4.46. The van der Waals surface area contributed by atoms with Crippen LogP contribution in [0.2, 0.25) is 0 Å². The van der Waals surface area contributed by atoms with Gasteiger partial charge in [-0.2, -0.15) is 4.31 Å². The van der Waals surface area contributed by atoms with Gasteiger partial charge in [0.05, 0.1) is 22.0 Å². The van der Waals surface area contributed by atoms with Crippen molar-refractivity contribution in [2.24, 2.45) is 0 Å². The first-order chi connectivity index (χ1) is 15.2. The van der Waals surface area contributed by atoms with Crippen molar-refractivity contribution in [3.05, 3.63) is 91.0 Å². The summed E-state index contributed by atoms with van der Waals surface area (Å²) in [5.41, 5.74) is 1.08. The molecule has 9 heteroatoms. The summed E-state index contributed by atoms with van der Waals surface area (Å²) in [6.45, 7) is 5.51. The summed E-state index contributed by atoms with van der Waals surface area (Å²) in [5, 5.41) is 0. The molecule has 1 heterocycles. The maximum absolute atomic E-state index is 13.1. The molecule has 1 aromatic heterocycles. The molecule has 0 fully saturated rings. The predicted octanol–water partition coefficient (Wildman–Crippen LogP) is 2.93. The highest BCUT2D eigenvalue weighted by molar-refractivity contribution is 7.90. The standard InChI is InChI=1S/C23H23N3O4S2/c1-20(2)10-9-16-25(31(27,28)22-11-5-3-6-12-22)17-15-21-18-26(19-24-21)32(29,30)23-13-7-4-8-14-23/h3-8,11-14,18-19H,1,15-17H2,2H3. The molecule has 166 valence electrons. The van der Waals surface area contributed by atoms with Gasteiger partial charge in [0.25, 0.3) is 10.0 Å². The molecule has 3 rings (SSSR count). The van der Waals surface area contributed by atoms with Gasteiger partial charge in [0.2, 0.25) is 10.0 Å². The fraction of sp³-hybridized carbons (Fsp3) is 0.174. The zero-order chi connectivity index (χ0) is 23.2. The summed E-state index contributed by atoms with van der Waals surface area (Å²) in [6, 6.07) is 16.1. The molecule has 0 atom stereocenters. The average Bonchev–Trinajstić information content (AvgIpc) is 3.27. The number of aromatic nitrogens is 2. The third-order valence-electron chi connectivity index (χ3n) is 4.49. The van der Waals surface area contributed by atoms with Gasteiger partial charge < -0.3 is 0 Å². The Kier molecular flexibility index (Phi) is 7.30. The van der Waals surface area contributed by atoms with E-state index in [9.17, 15) is 16.8 Å². The lowest BCUT2D eigenvalue weighted by atomic mass is 10.3. The first-order valence-electron chi connectivity index (χ1n) is 9.74. The molecule has 32 heavy (non-hydrogen) atoms. The van der Waals surface area contributed by atoms with Crippen LogP contribution in [0.25, 0.3) is 0 Å². The van der Waals surface area contributed by atoms with Gasteiger partial charge in [0.15, 0.2) is 0 Å². The van der Waals surface area contributed by atoms with Crippen LogP contribution in [0.15, 0.2) is 95.1 Å². The Morgan fingerprint density at radius 2 is 1.59 bits per heavy atom. The smallest absolute Gasteiger partial charge is 0.241 e. The van der Waals surface area contributed by atoms with Gasteiger partial charge in [0.1, 0.15) is 6.33 Å². The van der Waals surface area contributed by atoms with E-state index in [2.05, 4.69) is 23.4 Å². The van der Waals surface area contributed by atoms with Gasteiger partial charge in [-0.05, 0) is 36.8 Å². The second-order valence-electron chi connectivity index (χ2n) is 7.00. The minimum absolute atomic E-state index is 0.0207. The van der Waals surface area contributed by atoms with E-state index < -0.39 is 20.0 Å². The van der Waals surface area contributed by atoms with Gasteiger partial charge >= 0.3 is 0 Å². The molecule has 0 bridgehead atoms. The van der Waals surface area contributed by atoms with E-state index in [4.69, 9.17) is 0 Å². The maximum atomic E-state index is 13.1. The maximum Gasteiger partial charge on any atom is 0.268 e. The van der Waals surface area contributed by atoms with E-state index in [1.807, 2.05) is 0 Å². The van der Waals surface area contributed by atoms with Crippen LogP contribution in [-0.4, -0.2) is 43.2 Å². The molecular weight excluding hydrogens is 446 g/mol. The van der Waals surface area contributed by atoms with Crippen LogP contribution in [0.3, 0.4) is 0 Å². The molecular formula is C23H23N3O4S2. The minimum atomic E-state index is -3.79. The van der Waals surface area contributed by atoms with Crippen LogP contribution in [0.1, 0.15) is 12.6 Å². The summed E-state index contributed by atoms with van der Waals surface area (Å²) in [5.74, 6) is 5.61. The molecule has 0 unspecified atom stereocenters. The number of hydrogen-bond donors (Lipinski definition) is 0. The van der Waals surface area contributed by atoms with E-state index >= 15 is 0 Å². The third-order valence-corrected chi connectivity index (χ3v) is 7.97. The van der Waals surface area contributed by atoms with Crippen LogP contribution in [0, 0.1) is 11.8 Å². The number of imidazole rings is 1. The molecule has 0 amide bonds. The van der Waals surface area contributed by atoms with E-state index in [-0.39, 0.29) is 29.3 Å². The molecule has 0 radical (unpaired) electrons. The van der Waals surface area contributed by atoms with Gasteiger partial charge in [-0.25, -0.2) is 25.8 Å². The third kappa shape index (κ3) is 5.53. The first-order valence-corrected chi connectivity index (χ1v) is 12.6. The molecule has 0 aliphatic heterocycles. The van der Waals surface area contributed by atoms with Crippen molar-refractivity contribution in [1.29, 1.82) is 0 Å². The Morgan fingerprint density at radius 3 is 2.19 bits per heavy atom. The Morgan fingerprint density at radius 1 is 1.00 bits per heavy atom. The second kappa shape index (κ2) is 9.96. The molecule has 0 spiro atoms. The number of hydrogen-bond acceptors (Lipinski definition) is 5. The predicted molar refractivity (Wildman–Crippen MR) is 123 cm³/mol. The molecule has 0 saturated heterocycles. The fourth-order valence-electron chi connectivity index (χ4n) is 2.86. The van der Waals surface area contributed by atoms with E-state index in [0.29, 0.717) is 11.3 Å². The molecule has 0 saturated carbocycles. The van der Waals surface area contributed by atoms with Crippen molar-refractivity contribution in [2.75, 3.05) is 13.1 Å². The van der Waals surface area contributed by atoms with Crippen molar-refractivity contribution in [3.63, 3.8) is 0 Å². The van der Waals surface area contributed by atoms with E-state index in [1.165, 1.54) is 41.1 Å². The van der Waals surface area contributed by atoms with Crippen molar-refractivity contribution in [3.8, 4) is 11.8 Å². The first kappa shape index (κ1) is 23.5. The molecule has 0 aliphatic rings. The lowest BCUT2D eigenvalue weighted by Gasteiger charge is -2.19. The van der Waals surface area contributed by atoms with Crippen LogP contribution in [0.5, 0.6) is 0 Å². The number of sulfonamides is 1. The van der Waals surface area contributed by atoms with Crippen LogP contribution in [-0.2, 0) is 26.5 Å². The van der Waals surface area contributed by atoms with Gasteiger partial charge in [-0.3, -0.25) is 0 Å². The quantitative estimate of drug-likeness (QED) is 0.473. The zero-order valence-corrected chi connectivity index (χ0v) is 19.2. The summed E-state index contributed by atoms with van der Waals surface area (Å²) >= 11 is 0. The Labute approximate surface area is 189 Å². The molecule has 0 N–H and O–H groups in total. The molecule has 2 aromatic carbocycles. The summed E-state index contributed by atoms with van der Waals surface area (Å²) in [6.07, 6.45) is 2.84. The number of rotatable bonds is 8. The van der Waals surface area contributed by atoms with Crippen LogP contribution < -0.4 is 0 Å². The largest absolute Gasteiger partial charge is 0.268 e. The minimum Gasteiger partial charge on any atom is -0.241 e. The Hall–Kier alpha value is -3.19. The van der Waals surface area contributed by atoms with Crippen LogP contribution in [0.4, 0.5) is 0 Å². The van der Waals surface area contributed by atoms with Crippen LogP contribution >= 0.6 is 0 Å². The van der Waals surface area contributed by atoms with E-state index in [0.717, 1.165) is 3.97 Å². The highest BCUT2D eigenvalue weighted by Crippen LogP contribution is 2.17. The highest BCUT2D eigenvalue weighted by Gasteiger charge is 2.24. The van der Waals surface area contributed by atoms with Crippen molar-refractivity contribution >= 4 is 20.0 Å². The number of nitrogens with zero attached hydrogens (tertiary/aromatic N) is 3. The Bertz CT molecular complexity index is 1350. The lowest BCUT2D eigenvalue weighted by Crippen LogP contribution is -2.33. The van der Waals surface area contributed by atoms with Gasteiger partial charge in [-0.15, -0.1) is 0 Å². The molecule has 0 aliphatic carbocycles.